The minimum absolute atomic E-state index is 0.0660. The van der Waals surface area contributed by atoms with Gasteiger partial charge in [-0.05, 0) is 38.1 Å². The van der Waals surface area contributed by atoms with E-state index in [0.717, 1.165) is 44.5 Å². The fourth-order valence-electron chi connectivity index (χ4n) is 3.60. The molecule has 0 unspecified atom stereocenters. The highest BCUT2D eigenvalue weighted by Crippen LogP contribution is 2.27. The minimum atomic E-state index is -0.341. The summed E-state index contributed by atoms with van der Waals surface area (Å²) in [6.45, 7) is 5.84. The zero-order valence-corrected chi connectivity index (χ0v) is 13.9. The first kappa shape index (κ1) is 16.0. The summed E-state index contributed by atoms with van der Waals surface area (Å²) in [5.41, 5.74) is 0.927. The van der Waals surface area contributed by atoms with Gasteiger partial charge in [-0.2, -0.15) is 0 Å². The van der Waals surface area contributed by atoms with Crippen molar-refractivity contribution in [3.63, 3.8) is 0 Å². The monoisotopic (exact) mass is 315 g/mol. The van der Waals surface area contributed by atoms with Crippen molar-refractivity contribution in [3.8, 4) is 12.3 Å². The van der Waals surface area contributed by atoms with E-state index in [1.54, 1.807) is 4.68 Å². The number of hydrogen-bond acceptors (Lipinski definition) is 4. The average molecular weight is 315 g/mol. The molecule has 124 valence electrons. The number of likely N-dealkylation sites (tertiary alicyclic amines) is 1. The Morgan fingerprint density at radius 2 is 2.26 bits per heavy atom. The van der Waals surface area contributed by atoms with Crippen LogP contribution in [0.1, 0.15) is 57.3 Å². The number of hydrogen-bond donors (Lipinski definition) is 1. The van der Waals surface area contributed by atoms with Gasteiger partial charge < -0.3 is 10.2 Å². The Morgan fingerprint density at radius 3 is 2.91 bits per heavy atom. The zero-order valence-electron chi connectivity index (χ0n) is 13.9. The molecule has 1 aromatic heterocycles. The molecule has 1 aromatic rings. The van der Waals surface area contributed by atoms with Crippen molar-refractivity contribution >= 4 is 5.91 Å². The highest BCUT2D eigenvalue weighted by atomic mass is 16.2. The predicted molar refractivity (Wildman–Crippen MR) is 87.4 cm³/mol. The smallest absolute Gasteiger partial charge is 0.248 e. The molecule has 6 heteroatoms. The van der Waals surface area contributed by atoms with Crippen LogP contribution in [0.5, 0.6) is 0 Å². The van der Waals surface area contributed by atoms with Crippen molar-refractivity contribution in [2.75, 3.05) is 13.1 Å². The number of terminal acetylenes is 1. The molecule has 0 saturated carbocycles. The molecule has 6 nitrogen and oxygen atoms in total. The van der Waals surface area contributed by atoms with Gasteiger partial charge in [0.1, 0.15) is 6.04 Å². The van der Waals surface area contributed by atoms with E-state index >= 15 is 0 Å². The number of carbonyl (C=O) groups is 1. The lowest BCUT2D eigenvalue weighted by Gasteiger charge is -2.28. The van der Waals surface area contributed by atoms with Crippen LogP contribution in [0.15, 0.2) is 6.20 Å². The number of aromatic nitrogens is 3. The molecule has 2 aliphatic heterocycles. The third-order valence-electron chi connectivity index (χ3n) is 4.84. The predicted octanol–water partition coefficient (Wildman–Crippen LogP) is 1.52. The summed E-state index contributed by atoms with van der Waals surface area (Å²) in [6.07, 6.45) is 11.6. The highest BCUT2D eigenvalue weighted by molar-refractivity contribution is 5.81. The Balaban J connectivity index is 1.81. The molecule has 1 N–H and O–H groups in total. The lowest BCUT2D eigenvalue weighted by molar-refractivity contribution is -0.136. The van der Waals surface area contributed by atoms with E-state index in [2.05, 4.69) is 21.5 Å². The molecule has 0 aromatic carbocycles. The molecule has 2 saturated heterocycles. The van der Waals surface area contributed by atoms with Crippen molar-refractivity contribution in [3.05, 3.63) is 11.9 Å². The van der Waals surface area contributed by atoms with Gasteiger partial charge in [-0.3, -0.25) is 4.79 Å². The van der Waals surface area contributed by atoms with E-state index in [1.165, 1.54) is 0 Å². The Morgan fingerprint density at radius 1 is 1.43 bits per heavy atom. The maximum atomic E-state index is 13.0. The third kappa shape index (κ3) is 3.11. The minimum Gasteiger partial charge on any atom is -0.327 e. The summed E-state index contributed by atoms with van der Waals surface area (Å²) in [4.78, 5) is 14.8. The molecular weight excluding hydrogens is 290 g/mol. The molecule has 3 rings (SSSR count). The summed E-state index contributed by atoms with van der Waals surface area (Å²) in [5, 5.41) is 12.0. The van der Waals surface area contributed by atoms with Crippen LogP contribution in [0, 0.1) is 18.3 Å². The fourth-order valence-corrected chi connectivity index (χ4v) is 3.60. The second-order valence-corrected chi connectivity index (χ2v) is 6.82. The summed E-state index contributed by atoms with van der Waals surface area (Å²) in [7, 11) is 0. The Kier molecular flexibility index (Phi) is 4.67. The van der Waals surface area contributed by atoms with Gasteiger partial charge in [0.2, 0.25) is 5.91 Å². The normalized spacial score (nSPS) is 25.7. The van der Waals surface area contributed by atoms with Crippen LogP contribution in [0.4, 0.5) is 0 Å². The van der Waals surface area contributed by atoms with E-state index < -0.39 is 0 Å². The maximum Gasteiger partial charge on any atom is 0.248 e. The largest absolute Gasteiger partial charge is 0.327 e. The average Bonchev–Trinajstić information content (AvgIpc) is 3.27. The standard InChI is InChI=1S/C17H25N5O/c1-4-13-7-6-10-21(13)17(23)16(12(2)3)22-11-15(19-20-22)14-8-5-9-18-14/h1,11-14,16,18H,5-10H2,2-3H3/t13-,14+,16+/m1/s1. The van der Waals surface area contributed by atoms with E-state index in [-0.39, 0.29) is 30.0 Å². The molecule has 1 amide bonds. The van der Waals surface area contributed by atoms with Gasteiger partial charge in [-0.15, -0.1) is 11.5 Å². The molecule has 23 heavy (non-hydrogen) atoms. The molecule has 0 spiro atoms. The molecule has 2 fully saturated rings. The van der Waals surface area contributed by atoms with Gasteiger partial charge >= 0.3 is 0 Å². The van der Waals surface area contributed by atoms with Gasteiger partial charge in [0.05, 0.1) is 24.0 Å². The number of carbonyl (C=O) groups excluding carboxylic acids is 1. The Hall–Kier alpha value is -1.87. The first-order valence-electron chi connectivity index (χ1n) is 8.53. The van der Waals surface area contributed by atoms with Gasteiger partial charge in [0.25, 0.3) is 0 Å². The first-order chi connectivity index (χ1) is 11.1. The Labute approximate surface area is 137 Å². The van der Waals surface area contributed by atoms with E-state index in [1.807, 2.05) is 24.9 Å². The molecule has 3 heterocycles. The van der Waals surface area contributed by atoms with E-state index in [9.17, 15) is 4.79 Å². The number of amides is 1. The van der Waals surface area contributed by atoms with Gasteiger partial charge in [-0.1, -0.05) is 25.0 Å². The van der Waals surface area contributed by atoms with Gasteiger partial charge in [0.15, 0.2) is 0 Å². The highest BCUT2D eigenvalue weighted by Gasteiger charge is 2.35. The first-order valence-corrected chi connectivity index (χ1v) is 8.53. The topological polar surface area (TPSA) is 63.1 Å². The van der Waals surface area contributed by atoms with Gasteiger partial charge in [0, 0.05) is 6.54 Å². The number of nitrogens with zero attached hydrogens (tertiary/aromatic N) is 4. The molecule has 2 aliphatic rings. The van der Waals surface area contributed by atoms with E-state index in [0.29, 0.717) is 0 Å². The number of nitrogens with one attached hydrogen (secondary N) is 1. The van der Waals surface area contributed by atoms with Crippen LogP contribution in [0.2, 0.25) is 0 Å². The summed E-state index contributed by atoms with van der Waals surface area (Å²) >= 11 is 0. The summed E-state index contributed by atoms with van der Waals surface area (Å²) in [5.74, 6) is 2.94. The summed E-state index contributed by atoms with van der Waals surface area (Å²) < 4.78 is 1.73. The molecular formula is C17H25N5O. The quantitative estimate of drug-likeness (QED) is 0.856. The molecule has 0 aliphatic carbocycles. The van der Waals surface area contributed by atoms with Crippen LogP contribution in [0.3, 0.4) is 0 Å². The van der Waals surface area contributed by atoms with Crippen molar-refractivity contribution in [2.45, 2.75) is 57.7 Å². The van der Waals surface area contributed by atoms with Gasteiger partial charge in [-0.25, -0.2) is 4.68 Å². The van der Waals surface area contributed by atoms with E-state index in [4.69, 9.17) is 6.42 Å². The molecule has 0 bridgehead atoms. The third-order valence-corrected chi connectivity index (χ3v) is 4.84. The lowest BCUT2D eigenvalue weighted by atomic mass is 10.0. The van der Waals surface area contributed by atoms with Crippen molar-refractivity contribution in [1.82, 2.24) is 25.2 Å². The Bertz CT molecular complexity index is 596. The maximum absolute atomic E-state index is 13.0. The van der Waals surface area contributed by atoms with Crippen molar-refractivity contribution < 1.29 is 4.79 Å². The fraction of sp³-hybridized carbons (Fsp3) is 0.706. The van der Waals surface area contributed by atoms with Crippen molar-refractivity contribution in [1.29, 1.82) is 0 Å². The van der Waals surface area contributed by atoms with Crippen LogP contribution in [0.25, 0.3) is 0 Å². The SMILES string of the molecule is C#C[C@@H]1CCCN1C(=O)[C@H](C(C)C)n1cc([C@@H]2CCCN2)nn1. The lowest BCUT2D eigenvalue weighted by Crippen LogP contribution is -2.41. The van der Waals surface area contributed by atoms with Crippen LogP contribution in [-0.4, -0.2) is 44.9 Å². The van der Waals surface area contributed by atoms with Crippen LogP contribution >= 0.6 is 0 Å². The summed E-state index contributed by atoms with van der Waals surface area (Å²) in [6, 6.07) is -0.160. The zero-order chi connectivity index (χ0) is 16.4. The second-order valence-electron chi connectivity index (χ2n) is 6.82. The molecule has 0 radical (unpaired) electrons. The molecule has 3 atom stereocenters. The van der Waals surface area contributed by atoms with Crippen LogP contribution in [-0.2, 0) is 4.79 Å². The van der Waals surface area contributed by atoms with Crippen molar-refractivity contribution in [2.24, 2.45) is 5.92 Å². The number of rotatable bonds is 4. The van der Waals surface area contributed by atoms with Crippen LogP contribution < -0.4 is 5.32 Å². The second kappa shape index (κ2) is 6.71.